The summed E-state index contributed by atoms with van der Waals surface area (Å²) in [4.78, 5) is 0. The first-order valence-electron chi connectivity index (χ1n) is 6.92. The lowest BCUT2D eigenvalue weighted by Crippen LogP contribution is -2.25. The minimum Gasteiger partial charge on any atom is -0.382 e. The maximum atomic E-state index is 11.3. The molecule has 0 saturated carbocycles. The van der Waals surface area contributed by atoms with Gasteiger partial charge in [0.1, 0.15) is 5.75 Å². The summed E-state index contributed by atoms with van der Waals surface area (Å²) in [7, 11) is -3.45. The molecule has 1 aromatic carbocycles. The van der Waals surface area contributed by atoms with Crippen molar-refractivity contribution < 1.29 is 17.3 Å². The Morgan fingerprint density at radius 3 is 2.70 bits per heavy atom. The lowest BCUT2D eigenvalue weighted by atomic mass is 10.2. The van der Waals surface area contributed by atoms with E-state index < -0.39 is 10.1 Å². The highest BCUT2D eigenvalue weighted by atomic mass is 32.2. The van der Waals surface area contributed by atoms with Gasteiger partial charge in [-0.1, -0.05) is 12.1 Å². The number of nitrogens with one attached hydrogen (secondary N) is 1. The summed E-state index contributed by atoms with van der Waals surface area (Å²) < 4.78 is 33.1. The van der Waals surface area contributed by atoms with Crippen molar-refractivity contribution in [3.05, 3.63) is 29.8 Å². The maximum absolute atomic E-state index is 11.3. The molecule has 5 nitrogen and oxygen atoms in total. The third-order valence-corrected chi connectivity index (χ3v) is 4.38. The van der Waals surface area contributed by atoms with Crippen molar-refractivity contribution in [3.8, 4) is 5.75 Å². The fraction of sp³-hybridized carbons (Fsp3) is 0.571. The zero-order valence-corrected chi connectivity index (χ0v) is 12.5. The topological polar surface area (TPSA) is 64.6 Å². The van der Waals surface area contributed by atoms with E-state index in [1.807, 2.05) is 12.1 Å². The molecule has 1 aliphatic heterocycles. The fourth-order valence-electron chi connectivity index (χ4n) is 2.05. The van der Waals surface area contributed by atoms with Crippen LogP contribution in [0.25, 0.3) is 0 Å². The molecular weight excluding hydrogens is 278 g/mol. The normalized spacial score (nSPS) is 19.1. The summed E-state index contributed by atoms with van der Waals surface area (Å²) in [6, 6.07) is 7.08. The average Bonchev–Trinajstić information content (AvgIpc) is 2.94. The van der Waals surface area contributed by atoms with Crippen LogP contribution in [0.1, 0.15) is 25.3 Å². The van der Waals surface area contributed by atoms with Crippen LogP contribution in [-0.4, -0.2) is 33.4 Å². The van der Waals surface area contributed by atoms with Crippen LogP contribution in [0.15, 0.2) is 24.3 Å². The van der Waals surface area contributed by atoms with E-state index in [-0.39, 0.29) is 5.75 Å². The molecule has 20 heavy (non-hydrogen) atoms. The number of benzene rings is 1. The highest BCUT2D eigenvalue weighted by Crippen LogP contribution is 2.15. The lowest BCUT2D eigenvalue weighted by Gasteiger charge is -2.11. The van der Waals surface area contributed by atoms with Crippen molar-refractivity contribution in [2.24, 2.45) is 0 Å². The van der Waals surface area contributed by atoms with Gasteiger partial charge in [0.2, 0.25) is 0 Å². The predicted octanol–water partition coefficient (Wildman–Crippen LogP) is 1.68. The molecule has 1 fully saturated rings. The summed E-state index contributed by atoms with van der Waals surface area (Å²) >= 11 is 0. The van der Waals surface area contributed by atoms with Gasteiger partial charge in [-0.15, -0.1) is 0 Å². The molecule has 0 aromatic heterocycles. The van der Waals surface area contributed by atoms with E-state index in [1.54, 1.807) is 19.1 Å². The second-order valence-corrected chi connectivity index (χ2v) is 6.70. The highest BCUT2D eigenvalue weighted by molar-refractivity contribution is 7.87. The van der Waals surface area contributed by atoms with Crippen LogP contribution >= 0.6 is 0 Å². The molecular formula is C14H21NO4S. The first-order chi connectivity index (χ1) is 9.59. The Morgan fingerprint density at radius 2 is 2.10 bits per heavy atom. The number of rotatable bonds is 7. The van der Waals surface area contributed by atoms with Gasteiger partial charge >= 0.3 is 10.1 Å². The molecule has 6 heteroatoms. The Kier molecular flexibility index (Phi) is 5.39. The first kappa shape index (κ1) is 15.3. The summed E-state index contributed by atoms with van der Waals surface area (Å²) in [6.07, 6.45) is 2.59. The number of hydrogen-bond acceptors (Lipinski definition) is 5. The summed E-state index contributed by atoms with van der Waals surface area (Å²) in [6.45, 7) is 4.01. The van der Waals surface area contributed by atoms with Gasteiger partial charge in [-0.05, 0) is 37.5 Å². The Morgan fingerprint density at radius 1 is 1.35 bits per heavy atom. The third kappa shape index (κ3) is 4.77. The first-order valence-corrected chi connectivity index (χ1v) is 8.50. The van der Waals surface area contributed by atoms with Crippen LogP contribution in [0.2, 0.25) is 0 Å². The fourth-order valence-corrected chi connectivity index (χ4v) is 2.57. The second kappa shape index (κ2) is 7.06. The molecule has 0 radical (unpaired) electrons. The zero-order valence-electron chi connectivity index (χ0n) is 11.7. The van der Waals surface area contributed by atoms with Crippen LogP contribution in [0.5, 0.6) is 5.75 Å². The molecule has 1 N–H and O–H groups in total. The predicted molar refractivity (Wildman–Crippen MR) is 77.2 cm³/mol. The van der Waals surface area contributed by atoms with Crippen molar-refractivity contribution in [2.45, 2.75) is 32.4 Å². The molecule has 2 rings (SSSR count). The van der Waals surface area contributed by atoms with Crippen LogP contribution in [-0.2, 0) is 21.4 Å². The van der Waals surface area contributed by atoms with Gasteiger partial charge in [-0.25, -0.2) is 0 Å². The SMILES string of the molecule is CCS(=O)(=O)Oc1ccc(CNCC2CCCO2)cc1. The number of ether oxygens (including phenoxy) is 1. The van der Waals surface area contributed by atoms with E-state index in [1.165, 1.54) is 0 Å². The van der Waals surface area contributed by atoms with Gasteiger partial charge in [0.25, 0.3) is 0 Å². The third-order valence-electron chi connectivity index (χ3n) is 3.23. The molecule has 0 spiro atoms. The van der Waals surface area contributed by atoms with Gasteiger partial charge in [0.05, 0.1) is 11.9 Å². The van der Waals surface area contributed by atoms with E-state index in [9.17, 15) is 8.42 Å². The summed E-state index contributed by atoms with van der Waals surface area (Å²) in [5, 5.41) is 3.34. The molecule has 1 unspecified atom stereocenters. The van der Waals surface area contributed by atoms with Gasteiger partial charge < -0.3 is 14.2 Å². The van der Waals surface area contributed by atoms with Crippen LogP contribution in [0.4, 0.5) is 0 Å². The van der Waals surface area contributed by atoms with Crippen LogP contribution in [0, 0.1) is 0 Å². The van der Waals surface area contributed by atoms with Crippen molar-refractivity contribution in [1.82, 2.24) is 5.32 Å². The standard InChI is InChI=1S/C14H21NO4S/c1-2-20(16,17)19-13-7-5-12(6-8-13)10-15-11-14-4-3-9-18-14/h5-8,14-15H,2-4,9-11H2,1H3. The van der Waals surface area contributed by atoms with E-state index in [2.05, 4.69) is 5.32 Å². The minimum atomic E-state index is -3.45. The lowest BCUT2D eigenvalue weighted by molar-refractivity contribution is 0.110. The molecule has 1 aromatic rings. The van der Waals surface area contributed by atoms with Gasteiger partial charge in [0.15, 0.2) is 0 Å². The van der Waals surface area contributed by atoms with Crippen molar-refractivity contribution in [2.75, 3.05) is 18.9 Å². The molecule has 0 bridgehead atoms. The monoisotopic (exact) mass is 299 g/mol. The van der Waals surface area contributed by atoms with E-state index >= 15 is 0 Å². The van der Waals surface area contributed by atoms with Gasteiger partial charge in [-0.2, -0.15) is 8.42 Å². The molecule has 0 aliphatic carbocycles. The average molecular weight is 299 g/mol. The quantitative estimate of drug-likeness (QED) is 0.776. The van der Waals surface area contributed by atoms with Crippen molar-refractivity contribution >= 4 is 10.1 Å². The van der Waals surface area contributed by atoms with E-state index in [4.69, 9.17) is 8.92 Å². The summed E-state index contributed by atoms with van der Waals surface area (Å²) in [5.74, 6) is 0.326. The largest absolute Gasteiger partial charge is 0.382 e. The Labute approximate surface area is 120 Å². The second-order valence-electron chi connectivity index (χ2n) is 4.84. The maximum Gasteiger partial charge on any atom is 0.308 e. The van der Waals surface area contributed by atoms with E-state index in [0.29, 0.717) is 11.9 Å². The van der Waals surface area contributed by atoms with E-state index in [0.717, 1.165) is 38.1 Å². The zero-order chi connectivity index (χ0) is 14.4. The molecule has 112 valence electrons. The Hall–Kier alpha value is -1.11. The minimum absolute atomic E-state index is 0.0301. The van der Waals surface area contributed by atoms with Crippen molar-refractivity contribution in [3.63, 3.8) is 0 Å². The summed E-state index contributed by atoms with van der Waals surface area (Å²) in [5.41, 5.74) is 1.09. The smallest absolute Gasteiger partial charge is 0.308 e. The number of hydrogen-bond donors (Lipinski definition) is 1. The van der Waals surface area contributed by atoms with Crippen LogP contribution in [0.3, 0.4) is 0 Å². The molecule has 1 atom stereocenters. The van der Waals surface area contributed by atoms with Crippen LogP contribution < -0.4 is 9.50 Å². The molecule has 1 aliphatic rings. The Balaban J connectivity index is 1.79. The highest BCUT2D eigenvalue weighted by Gasteiger charge is 2.14. The van der Waals surface area contributed by atoms with Gasteiger partial charge in [0, 0.05) is 19.7 Å². The van der Waals surface area contributed by atoms with Crippen molar-refractivity contribution in [1.29, 1.82) is 0 Å². The van der Waals surface area contributed by atoms with Gasteiger partial charge in [-0.3, -0.25) is 0 Å². The molecule has 0 amide bonds. The molecule has 1 saturated heterocycles. The molecule has 1 heterocycles. The Bertz CT molecular complexity index is 506.